The Morgan fingerprint density at radius 2 is 2.56 bits per heavy atom. The second-order valence-electron chi connectivity index (χ2n) is 2.02. The first-order chi connectivity index (χ1) is 4.29. The number of carbonyl (C=O) groups excluding carboxylic acids is 1. The highest BCUT2D eigenvalue weighted by Gasteiger charge is 2.06. The van der Waals surface area contributed by atoms with Gasteiger partial charge < -0.3 is 0 Å². The van der Waals surface area contributed by atoms with Gasteiger partial charge >= 0.3 is 0 Å². The standard InChI is InChI=1S/C6H10NOS/c1-6(8)7-9-4-2-3-5-9/h2H,3-5H2,1H3. The van der Waals surface area contributed by atoms with Crippen molar-refractivity contribution in [2.75, 3.05) is 11.5 Å². The molecule has 9 heavy (non-hydrogen) atoms. The Labute approximate surface area is 57.7 Å². The topological polar surface area (TPSA) is 29.4 Å². The van der Waals surface area contributed by atoms with Crippen molar-refractivity contribution in [3.8, 4) is 0 Å². The third-order valence-corrected chi connectivity index (χ3v) is 2.97. The summed E-state index contributed by atoms with van der Waals surface area (Å²) in [5.41, 5.74) is 0. The zero-order valence-electron chi connectivity index (χ0n) is 5.46. The van der Waals surface area contributed by atoms with Crippen LogP contribution in [0.2, 0.25) is 0 Å². The van der Waals surface area contributed by atoms with E-state index in [9.17, 15) is 4.79 Å². The van der Waals surface area contributed by atoms with Crippen LogP contribution in [0.1, 0.15) is 13.3 Å². The van der Waals surface area contributed by atoms with Crippen LogP contribution in [0.3, 0.4) is 0 Å². The van der Waals surface area contributed by atoms with Crippen molar-refractivity contribution in [2.45, 2.75) is 13.3 Å². The fraction of sp³-hybridized carbons (Fsp3) is 0.667. The lowest BCUT2D eigenvalue weighted by Crippen LogP contribution is -1.93. The van der Waals surface area contributed by atoms with Gasteiger partial charge in [-0.05, 0) is 12.8 Å². The molecule has 1 rings (SSSR count). The minimum atomic E-state index is -0.0198. The third-order valence-electron chi connectivity index (χ3n) is 1.13. The van der Waals surface area contributed by atoms with Crippen molar-refractivity contribution in [2.24, 2.45) is 4.36 Å². The van der Waals surface area contributed by atoms with Crippen LogP contribution in [0.5, 0.6) is 0 Å². The van der Waals surface area contributed by atoms with Crippen LogP contribution in [0.25, 0.3) is 0 Å². The van der Waals surface area contributed by atoms with Gasteiger partial charge in [0.25, 0.3) is 0 Å². The maximum atomic E-state index is 10.4. The van der Waals surface area contributed by atoms with E-state index in [-0.39, 0.29) is 16.6 Å². The van der Waals surface area contributed by atoms with E-state index >= 15 is 0 Å². The SMILES string of the molecule is CC(=O)N=S1C[CH]CC1. The van der Waals surface area contributed by atoms with Gasteiger partial charge in [-0.3, -0.25) is 4.79 Å². The molecule has 51 valence electrons. The van der Waals surface area contributed by atoms with Gasteiger partial charge in [-0.25, -0.2) is 0 Å². The van der Waals surface area contributed by atoms with Gasteiger partial charge in [0.15, 0.2) is 0 Å². The number of nitrogens with zero attached hydrogens (tertiary/aromatic N) is 1. The molecule has 0 N–H and O–H groups in total. The van der Waals surface area contributed by atoms with Crippen molar-refractivity contribution in [1.29, 1.82) is 0 Å². The van der Waals surface area contributed by atoms with Gasteiger partial charge in [-0.1, -0.05) is 10.7 Å². The fourth-order valence-corrected chi connectivity index (χ4v) is 2.36. The van der Waals surface area contributed by atoms with Gasteiger partial charge in [0, 0.05) is 18.4 Å². The summed E-state index contributed by atoms with van der Waals surface area (Å²) in [6.07, 6.45) is 3.34. The molecule has 0 saturated carbocycles. The number of hydrogen-bond acceptors (Lipinski definition) is 1. The maximum absolute atomic E-state index is 10.4. The smallest absolute Gasteiger partial charge is 0.248 e. The summed E-state index contributed by atoms with van der Waals surface area (Å²) in [6, 6.07) is 0. The van der Waals surface area contributed by atoms with E-state index in [0.717, 1.165) is 17.9 Å². The Kier molecular flexibility index (Phi) is 2.39. The van der Waals surface area contributed by atoms with Crippen LogP contribution in [-0.2, 0) is 15.5 Å². The summed E-state index contributed by atoms with van der Waals surface area (Å²) in [5, 5.41) is 0. The average molecular weight is 144 g/mol. The minimum Gasteiger partial charge on any atom is -0.272 e. The average Bonchev–Trinajstić information content (AvgIpc) is 2.15. The van der Waals surface area contributed by atoms with Gasteiger partial charge in [0.1, 0.15) is 0 Å². The van der Waals surface area contributed by atoms with Crippen LogP contribution >= 0.6 is 0 Å². The predicted octanol–water partition coefficient (Wildman–Crippen LogP) is 0.943. The van der Waals surface area contributed by atoms with E-state index in [0.29, 0.717) is 0 Å². The van der Waals surface area contributed by atoms with Crippen molar-refractivity contribution in [3.05, 3.63) is 6.42 Å². The second kappa shape index (κ2) is 3.11. The van der Waals surface area contributed by atoms with Gasteiger partial charge in [-0.15, -0.1) is 0 Å². The van der Waals surface area contributed by atoms with Crippen LogP contribution in [0, 0.1) is 6.42 Å². The van der Waals surface area contributed by atoms with Gasteiger partial charge in [0.2, 0.25) is 5.91 Å². The molecule has 0 aromatic carbocycles. The summed E-state index contributed by atoms with van der Waals surface area (Å²) in [4.78, 5) is 10.4. The summed E-state index contributed by atoms with van der Waals surface area (Å²) < 4.78 is 3.93. The summed E-state index contributed by atoms with van der Waals surface area (Å²) >= 11 is 0. The number of carbonyl (C=O) groups is 1. The van der Waals surface area contributed by atoms with E-state index in [2.05, 4.69) is 10.8 Å². The molecule has 3 heteroatoms. The molecule has 1 aliphatic rings. The maximum Gasteiger partial charge on any atom is 0.248 e. The highest BCUT2D eigenvalue weighted by molar-refractivity contribution is 7.88. The Morgan fingerprint density at radius 1 is 1.78 bits per heavy atom. The van der Waals surface area contributed by atoms with Crippen molar-refractivity contribution >= 4 is 16.6 Å². The highest BCUT2D eigenvalue weighted by Crippen LogP contribution is 2.06. The van der Waals surface area contributed by atoms with Gasteiger partial charge in [-0.2, -0.15) is 4.36 Å². The Balaban J connectivity index is 2.49. The van der Waals surface area contributed by atoms with E-state index in [1.165, 1.54) is 6.92 Å². The van der Waals surface area contributed by atoms with E-state index in [1.54, 1.807) is 0 Å². The Morgan fingerprint density at radius 3 is 3.00 bits per heavy atom. The summed E-state index contributed by atoms with van der Waals surface area (Å²) in [6.45, 7) is 1.52. The first kappa shape index (κ1) is 6.93. The fourth-order valence-electron chi connectivity index (χ4n) is 0.787. The Hall–Kier alpha value is -0.180. The molecular weight excluding hydrogens is 134 g/mol. The van der Waals surface area contributed by atoms with Crippen molar-refractivity contribution in [1.82, 2.24) is 0 Å². The highest BCUT2D eigenvalue weighted by atomic mass is 32.2. The zero-order valence-corrected chi connectivity index (χ0v) is 6.28. The molecular formula is C6H10NOS. The number of amides is 1. The largest absolute Gasteiger partial charge is 0.272 e. The quantitative estimate of drug-likeness (QED) is 0.497. The first-order valence-electron chi connectivity index (χ1n) is 3.00. The first-order valence-corrected chi connectivity index (χ1v) is 4.52. The minimum absolute atomic E-state index is 0.0198. The second-order valence-corrected chi connectivity index (χ2v) is 3.87. The number of hydrogen-bond donors (Lipinski definition) is 0. The molecule has 0 bridgehead atoms. The van der Waals surface area contributed by atoms with Crippen molar-refractivity contribution in [3.63, 3.8) is 0 Å². The summed E-state index contributed by atoms with van der Waals surface area (Å²) in [5.74, 6) is 2.10. The molecule has 1 aliphatic heterocycles. The third kappa shape index (κ3) is 2.26. The number of rotatable bonds is 0. The Bertz CT molecular complexity index is 145. The normalized spacial score (nSPS) is 27.0. The molecule has 2 nitrogen and oxygen atoms in total. The monoisotopic (exact) mass is 144 g/mol. The molecule has 0 aromatic rings. The lowest BCUT2D eigenvalue weighted by atomic mass is 10.4. The van der Waals surface area contributed by atoms with E-state index in [4.69, 9.17) is 0 Å². The van der Waals surface area contributed by atoms with E-state index < -0.39 is 0 Å². The molecule has 1 atom stereocenters. The van der Waals surface area contributed by atoms with Crippen LogP contribution in [0.4, 0.5) is 0 Å². The molecule has 1 fully saturated rings. The lowest BCUT2D eigenvalue weighted by molar-refractivity contribution is -0.115. The van der Waals surface area contributed by atoms with Crippen molar-refractivity contribution < 1.29 is 4.79 Å². The molecule has 1 amide bonds. The lowest BCUT2D eigenvalue weighted by Gasteiger charge is -1.90. The molecule has 1 saturated heterocycles. The molecule has 0 spiro atoms. The molecule has 1 heterocycles. The molecule has 1 radical (unpaired) electrons. The van der Waals surface area contributed by atoms with E-state index in [1.807, 2.05) is 0 Å². The molecule has 1 unspecified atom stereocenters. The van der Waals surface area contributed by atoms with Crippen LogP contribution < -0.4 is 0 Å². The zero-order chi connectivity index (χ0) is 6.69. The van der Waals surface area contributed by atoms with Crippen LogP contribution in [0.15, 0.2) is 4.36 Å². The summed E-state index contributed by atoms with van der Waals surface area (Å²) in [7, 11) is 0.0625. The predicted molar refractivity (Wildman–Crippen MR) is 39.1 cm³/mol. The van der Waals surface area contributed by atoms with Gasteiger partial charge in [0.05, 0.1) is 0 Å². The molecule has 0 aromatic heterocycles. The van der Waals surface area contributed by atoms with Crippen LogP contribution in [-0.4, -0.2) is 17.4 Å². The molecule has 0 aliphatic carbocycles.